The minimum Gasteiger partial charge on any atom is -0.494 e. The van der Waals surface area contributed by atoms with Crippen LogP contribution >= 0.6 is 34.8 Å². The number of hydrogen-bond acceptors (Lipinski definition) is 3. The van der Waals surface area contributed by atoms with Crippen LogP contribution in [0.4, 0.5) is 4.39 Å². The van der Waals surface area contributed by atoms with Gasteiger partial charge in [0.1, 0.15) is 16.6 Å². The number of rotatable bonds is 7. The van der Waals surface area contributed by atoms with Gasteiger partial charge in [-0.3, -0.25) is 14.4 Å². The van der Waals surface area contributed by atoms with Crippen LogP contribution in [-0.4, -0.2) is 34.0 Å². The van der Waals surface area contributed by atoms with Crippen molar-refractivity contribution >= 4 is 34.8 Å². The molecule has 0 radical (unpaired) electrons. The monoisotopic (exact) mass is 525 g/mol. The molecule has 1 aliphatic rings. The Hall–Kier alpha value is -1.99. The Morgan fingerprint density at radius 2 is 1.74 bits per heavy atom. The molecule has 1 unspecified atom stereocenters. The standard InChI is InChI=1S/C25H27Cl3FN3O2/c1-16(24-23(28)25(33)32(30(24)2)19-5-3-18(29)4-6-19)31-12-9-17(10-13-31)11-14-34-20-7-8-21(26)22(27)15-20/h3-8,15-17H,9-14H2,1-2H3. The van der Waals surface area contributed by atoms with Crippen LogP contribution in [0.2, 0.25) is 15.1 Å². The summed E-state index contributed by atoms with van der Waals surface area (Å²) in [6.45, 7) is 4.51. The summed E-state index contributed by atoms with van der Waals surface area (Å²) in [5.74, 6) is 0.937. The predicted molar refractivity (Wildman–Crippen MR) is 135 cm³/mol. The van der Waals surface area contributed by atoms with E-state index in [1.807, 2.05) is 13.1 Å². The molecule has 1 fully saturated rings. The zero-order chi connectivity index (χ0) is 24.4. The first kappa shape index (κ1) is 25.1. The Bertz CT molecular complexity index is 1200. The number of halogens is 4. The number of ether oxygens (including phenoxy) is 1. The van der Waals surface area contributed by atoms with Gasteiger partial charge in [0, 0.05) is 13.1 Å². The summed E-state index contributed by atoms with van der Waals surface area (Å²) in [6, 6.07) is 11.1. The van der Waals surface area contributed by atoms with E-state index in [0.29, 0.717) is 28.3 Å². The lowest BCUT2D eigenvalue weighted by Gasteiger charge is -2.36. The van der Waals surface area contributed by atoms with Crippen molar-refractivity contribution in [2.45, 2.75) is 32.2 Å². The summed E-state index contributed by atoms with van der Waals surface area (Å²) < 4.78 is 22.5. The maximum absolute atomic E-state index is 13.3. The summed E-state index contributed by atoms with van der Waals surface area (Å²) in [5.41, 5.74) is 1.04. The Morgan fingerprint density at radius 1 is 1.06 bits per heavy atom. The summed E-state index contributed by atoms with van der Waals surface area (Å²) in [7, 11) is 1.82. The van der Waals surface area contributed by atoms with Crippen molar-refractivity contribution in [3.05, 3.63) is 79.4 Å². The normalized spacial score (nSPS) is 16.1. The van der Waals surface area contributed by atoms with E-state index >= 15 is 0 Å². The number of hydrogen-bond donors (Lipinski definition) is 0. The zero-order valence-corrected chi connectivity index (χ0v) is 21.4. The second-order valence-electron chi connectivity index (χ2n) is 8.68. The lowest BCUT2D eigenvalue weighted by molar-refractivity contribution is 0.124. The quantitative estimate of drug-likeness (QED) is 0.352. The number of piperidine rings is 1. The van der Waals surface area contributed by atoms with Gasteiger partial charge in [-0.1, -0.05) is 34.8 Å². The van der Waals surface area contributed by atoms with Gasteiger partial charge in [0.2, 0.25) is 0 Å². The van der Waals surface area contributed by atoms with Gasteiger partial charge in [0.05, 0.1) is 34.1 Å². The Labute approximate surface area is 213 Å². The summed E-state index contributed by atoms with van der Waals surface area (Å²) >= 11 is 18.5. The van der Waals surface area contributed by atoms with E-state index in [4.69, 9.17) is 39.5 Å². The molecule has 0 saturated carbocycles. The second kappa shape index (κ2) is 10.7. The molecular formula is C25H27Cl3FN3O2. The Balaban J connectivity index is 1.36. The van der Waals surface area contributed by atoms with E-state index in [0.717, 1.165) is 43.8 Å². The van der Waals surface area contributed by atoms with Crippen LogP contribution in [0.3, 0.4) is 0 Å². The van der Waals surface area contributed by atoms with Gasteiger partial charge in [-0.15, -0.1) is 0 Å². The topological polar surface area (TPSA) is 39.4 Å². The molecule has 0 amide bonds. The molecule has 1 aliphatic heterocycles. The highest BCUT2D eigenvalue weighted by Gasteiger charge is 2.29. The van der Waals surface area contributed by atoms with Crippen LogP contribution in [0.25, 0.3) is 5.69 Å². The van der Waals surface area contributed by atoms with Crippen LogP contribution in [0, 0.1) is 11.7 Å². The van der Waals surface area contributed by atoms with Gasteiger partial charge in [0.25, 0.3) is 5.56 Å². The molecule has 2 aromatic carbocycles. The van der Waals surface area contributed by atoms with Crippen molar-refractivity contribution in [1.82, 2.24) is 14.3 Å². The molecule has 0 bridgehead atoms. The SMILES string of the molecule is CC(c1c(Cl)c(=O)n(-c2ccc(F)cc2)n1C)N1CCC(CCOc2ccc(Cl)c(Cl)c2)CC1. The molecule has 0 N–H and O–H groups in total. The highest BCUT2D eigenvalue weighted by molar-refractivity contribution is 6.42. The fourth-order valence-corrected chi connectivity index (χ4v) is 5.28. The number of aromatic nitrogens is 2. The Morgan fingerprint density at radius 3 is 2.38 bits per heavy atom. The summed E-state index contributed by atoms with van der Waals surface area (Å²) in [4.78, 5) is 15.2. The molecule has 4 rings (SSSR count). The third kappa shape index (κ3) is 5.30. The molecule has 0 spiro atoms. The average molecular weight is 527 g/mol. The van der Waals surface area contributed by atoms with Crippen molar-refractivity contribution < 1.29 is 9.13 Å². The molecule has 5 nitrogen and oxygen atoms in total. The molecule has 9 heteroatoms. The largest absolute Gasteiger partial charge is 0.494 e. The van der Waals surface area contributed by atoms with Crippen LogP contribution < -0.4 is 10.3 Å². The van der Waals surface area contributed by atoms with Crippen molar-refractivity contribution in [1.29, 1.82) is 0 Å². The first-order chi connectivity index (χ1) is 16.3. The average Bonchev–Trinajstić information content (AvgIpc) is 3.05. The summed E-state index contributed by atoms with van der Waals surface area (Å²) in [5, 5.41) is 1.21. The van der Waals surface area contributed by atoms with Crippen molar-refractivity contribution in [3.8, 4) is 11.4 Å². The zero-order valence-electron chi connectivity index (χ0n) is 19.1. The van der Waals surface area contributed by atoms with E-state index in [1.54, 1.807) is 28.9 Å². The van der Waals surface area contributed by atoms with E-state index in [9.17, 15) is 9.18 Å². The number of likely N-dealkylation sites (tertiary alicyclic amines) is 1. The molecule has 1 saturated heterocycles. The molecule has 34 heavy (non-hydrogen) atoms. The number of nitrogens with zero attached hydrogens (tertiary/aromatic N) is 3. The first-order valence-corrected chi connectivity index (χ1v) is 12.4. The second-order valence-corrected chi connectivity index (χ2v) is 9.88. The minimum absolute atomic E-state index is 0.0275. The van der Waals surface area contributed by atoms with Gasteiger partial charge in [-0.05, 0) is 81.6 Å². The van der Waals surface area contributed by atoms with Crippen LogP contribution in [-0.2, 0) is 7.05 Å². The maximum atomic E-state index is 13.3. The van der Waals surface area contributed by atoms with Crippen LogP contribution in [0.5, 0.6) is 5.75 Å². The van der Waals surface area contributed by atoms with Crippen molar-refractivity contribution in [3.63, 3.8) is 0 Å². The maximum Gasteiger partial charge on any atom is 0.290 e. The third-order valence-corrected chi connectivity index (χ3v) is 7.70. The van der Waals surface area contributed by atoms with Crippen molar-refractivity contribution in [2.24, 2.45) is 13.0 Å². The molecule has 2 heterocycles. The fourth-order valence-electron chi connectivity index (χ4n) is 4.63. The van der Waals surface area contributed by atoms with Gasteiger partial charge >= 0.3 is 0 Å². The van der Waals surface area contributed by atoms with E-state index in [-0.39, 0.29) is 22.4 Å². The third-order valence-electron chi connectivity index (χ3n) is 6.60. The molecule has 182 valence electrons. The van der Waals surface area contributed by atoms with Crippen molar-refractivity contribution in [2.75, 3.05) is 19.7 Å². The molecule has 1 aromatic heterocycles. The fraction of sp³-hybridized carbons (Fsp3) is 0.400. The van der Waals surface area contributed by atoms with E-state index in [2.05, 4.69) is 11.8 Å². The Kier molecular flexibility index (Phi) is 7.93. The molecule has 3 aromatic rings. The van der Waals surface area contributed by atoms with E-state index < -0.39 is 0 Å². The van der Waals surface area contributed by atoms with Gasteiger partial charge in [-0.25, -0.2) is 9.07 Å². The summed E-state index contributed by atoms with van der Waals surface area (Å²) in [6.07, 6.45) is 3.04. The van der Waals surface area contributed by atoms with E-state index in [1.165, 1.54) is 16.8 Å². The molecule has 0 aliphatic carbocycles. The highest BCUT2D eigenvalue weighted by Crippen LogP contribution is 2.32. The lowest BCUT2D eigenvalue weighted by atomic mass is 9.93. The smallest absolute Gasteiger partial charge is 0.290 e. The van der Waals surface area contributed by atoms with Crippen LogP contribution in [0.15, 0.2) is 47.3 Å². The lowest BCUT2D eigenvalue weighted by Crippen LogP contribution is -2.37. The number of benzene rings is 2. The highest BCUT2D eigenvalue weighted by atomic mass is 35.5. The predicted octanol–water partition coefficient (Wildman–Crippen LogP) is 6.52. The molecule has 1 atom stereocenters. The van der Waals surface area contributed by atoms with Crippen LogP contribution in [0.1, 0.15) is 37.9 Å². The van der Waals surface area contributed by atoms with Gasteiger partial charge in [-0.2, -0.15) is 0 Å². The van der Waals surface area contributed by atoms with Gasteiger partial charge < -0.3 is 4.74 Å². The first-order valence-electron chi connectivity index (χ1n) is 11.3. The minimum atomic E-state index is -0.351. The molecular weight excluding hydrogens is 500 g/mol. The van der Waals surface area contributed by atoms with Gasteiger partial charge in [0.15, 0.2) is 0 Å².